The van der Waals surface area contributed by atoms with E-state index in [-0.39, 0.29) is 25.5 Å². The summed E-state index contributed by atoms with van der Waals surface area (Å²) in [5.41, 5.74) is 1.66. The number of aliphatic hydroxyl groups is 1. The molecule has 2 aliphatic rings. The molecule has 3 heterocycles. The molecule has 1 aromatic rings. The van der Waals surface area contributed by atoms with E-state index < -0.39 is 26.1 Å². The van der Waals surface area contributed by atoms with Gasteiger partial charge in [-0.1, -0.05) is 11.8 Å². The Hall–Kier alpha value is -2.83. The standard InChI is InChI=1S/C22H28N4O6S/c1-21(19(27)23-30,33(3,31)32)8-13-25-16-18-14-17(15-26(18)20(25)28)6-4-5-7-22(29)9-11-24(2)12-10-22/h14-15,29-30H,8-13,16H2,1-3H3,(H,23,27). The van der Waals surface area contributed by atoms with Gasteiger partial charge >= 0.3 is 6.03 Å². The normalized spacial score (nSPS) is 19.5. The quantitative estimate of drug-likeness (QED) is 0.304. The molecule has 0 aliphatic carbocycles. The van der Waals surface area contributed by atoms with E-state index in [4.69, 9.17) is 5.21 Å². The Morgan fingerprint density at radius 2 is 1.97 bits per heavy atom. The van der Waals surface area contributed by atoms with Gasteiger partial charge in [0.2, 0.25) is 0 Å². The summed E-state index contributed by atoms with van der Waals surface area (Å²) in [7, 11) is -1.84. The minimum Gasteiger partial charge on any atom is -0.377 e. The molecule has 2 amide bonds. The number of sulfone groups is 1. The van der Waals surface area contributed by atoms with Gasteiger partial charge < -0.3 is 14.9 Å². The zero-order chi connectivity index (χ0) is 24.4. The number of nitrogens with one attached hydrogen (secondary N) is 1. The number of likely N-dealkylation sites (tertiary alicyclic amines) is 1. The number of hydroxylamine groups is 1. The molecule has 2 aliphatic heterocycles. The van der Waals surface area contributed by atoms with Gasteiger partial charge in [-0.2, -0.15) is 0 Å². The number of fused-ring (bicyclic) bond motifs is 1. The highest BCUT2D eigenvalue weighted by Crippen LogP contribution is 2.25. The second kappa shape index (κ2) is 9.20. The first-order valence-electron chi connectivity index (χ1n) is 10.5. The lowest BCUT2D eigenvalue weighted by Gasteiger charge is -2.32. The molecule has 11 heteroatoms. The molecule has 178 valence electrons. The Balaban J connectivity index is 1.64. The third kappa shape index (κ3) is 5.23. The second-order valence-electron chi connectivity index (χ2n) is 8.82. The van der Waals surface area contributed by atoms with Crippen molar-refractivity contribution in [3.05, 3.63) is 23.5 Å². The molecule has 3 N–H and O–H groups in total. The minimum atomic E-state index is -3.84. The van der Waals surface area contributed by atoms with E-state index in [0.29, 0.717) is 24.1 Å². The molecule has 1 atom stereocenters. The van der Waals surface area contributed by atoms with Crippen molar-refractivity contribution in [1.29, 1.82) is 0 Å². The van der Waals surface area contributed by atoms with E-state index >= 15 is 0 Å². The summed E-state index contributed by atoms with van der Waals surface area (Å²) in [6, 6.07) is 1.39. The van der Waals surface area contributed by atoms with Gasteiger partial charge in [0.05, 0.1) is 6.54 Å². The van der Waals surface area contributed by atoms with Crippen LogP contribution in [0.3, 0.4) is 0 Å². The predicted octanol–water partition coefficient (Wildman–Crippen LogP) is -0.218. The summed E-state index contributed by atoms with van der Waals surface area (Å²) >= 11 is 0. The van der Waals surface area contributed by atoms with E-state index in [9.17, 15) is 23.1 Å². The molecule has 1 aromatic heterocycles. The van der Waals surface area contributed by atoms with E-state index in [1.54, 1.807) is 12.3 Å². The lowest BCUT2D eigenvalue weighted by atomic mass is 9.92. The number of hydrogen-bond acceptors (Lipinski definition) is 7. The smallest absolute Gasteiger partial charge is 0.328 e. The molecule has 1 saturated heterocycles. The highest BCUT2D eigenvalue weighted by molar-refractivity contribution is 7.92. The molecule has 1 fully saturated rings. The molecule has 1 unspecified atom stereocenters. The molecule has 0 radical (unpaired) electrons. The molecule has 0 aromatic carbocycles. The fraction of sp³-hybridized carbons (Fsp3) is 0.545. The van der Waals surface area contributed by atoms with Gasteiger partial charge in [0, 0.05) is 56.2 Å². The van der Waals surface area contributed by atoms with Crippen LogP contribution in [0.4, 0.5) is 4.79 Å². The van der Waals surface area contributed by atoms with Crippen LogP contribution in [0.15, 0.2) is 12.3 Å². The summed E-state index contributed by atoms with van der Waals surface area (Å²) in [5.74, 6) is 10.1. The molecular weight excluding hydrogens is 448 g/mol. The van der Waals surface area contributed by atoms with Crippen LogP contribution in [-0.2, 0) is 21.2 Å². The number of rotatable bonds is 5. The summed E-state index contributed by atoms with van der Waals surface area (Å²) in [4.78, 5) is 28.2. The first-order chi connectivity index (χ1) is 15.4. The zero-order valence-corrected chi connectivity index (χ0v) is 19.7. The number of amides is 2. The minimum absolute atomic E-state index is 0.0117. The van der Waals surface area contributed by atoms with Gasteiger partial charge in [0.1, 0.15) is 5.60 Å². The van der Waals surface area contributed by atoms with Crippen LogP contribution < -0.4 is 5.48 Å². The number of carbonyl (C=O) groups excluding carboxylic acids is 2. The van der Waals surface area contributed by atoms with Crippen molar-refractivity contribution >= 4 is 21.8 Å². The SMILES string of the molecule is CN1CCC(O)(C#CC#Cc2cc3n(c2)C(=O)N(CCC(C)(C(=O)NO)S(C)(=O)=O)C3)CC1. The number of piperidine rings is 1. The highest BCUT2D eigenvalue weighted by Gasteiger charge is 2.44. The van der Waals surface area contributed by atoms with Crippen molar-refractivity contribution in [2.75, 3.05) is 32.9 Å². The Bertz CT molecular complexity index is 1170. The number of hydrogen-bond donors (Lipinski definition) is 3. The molecule has 0 saturated carbocycles. The Morgan fingerprint density at radius 3 is 2.55 bits per heavy atom. The summed E-state index contributed by atoms with van der Waals surface area (Å²) in [5, 5.41) is 19.4. The third-order valence-electron chi connectivity index (χ3n) is 6.37. The van der Waals surface area contributed by atoms with Gasteiger partial charge in [-0.3, -0.25) is 14.6 Å². The number of aromatic nitrogens is 1. The van der Waals surface area contributed by atoms with Gasteiger partial charge in [-0.25, -0.2) is 18.7 Å². The van der Waals surface area contributed by atoms with Gasteiger partial charge in [0.15, 0.2) is 14.6 Å². The fourth-order valence-corrected chi connectivity index (χ4v) is 4.61. The van der Waals surface area contributed by atoms with Crippen molar-refractivity contribution in [2.45, 2.75) is 43.1 Å². The average molecular weight is 477 g/mol. The van der Waals surface area contributed by atoms with Crippen LogP contribution in [0.2, 0.25) is 0 Å². The molecule has 33 heavy (non-hydrogen) atoms. The van der Waals surface area contributed by atoms with Gasteiger partial charge in [-0.15, -0.1) is 0 Å². The van der Waals surface area contributed by atoms with Crippen molar-refractivity contribution < 1.29 is 28.3 Å². The zero-order valence-electron chi connectivity index (χ0n) is 18.9. The van der Waals surface area contributed by atoms with Crippen LogP contribution in [0.1, 0.15) is 37.4 Å². The molecule has 3 rings (SSSR count). The van der Waals surface area contributed by atoms with E-state index in [2.05, 4.69) is 28.6 Å². The maximum atomic E-state index is 12.7. The lowest BCUT2D eigenvalue weighted by molar-refractivity contribution is -0.131. The van der Waals surface area contributed by atoms with Crippen LogP contribution in [0.25, 0.3) is 0 Å². The summed E-state index contributed by atoms with van der Waals surface area (Å²) in [6.07, 6.45) is 3.46. The molecule has 10 nitrogen and oxygen atoms in total. The Kier molecular flexibility index (Phi) is 6.91. The van der Waals surface area contributed by atoms with E-state index in [0.717, 1.165) is 19.3 Å². The Labute approximate surface area is 193 Å². The second-order valence-corrected chi connectivity index (χ2v) is 11.3. The highest BCUT2D eigenvalue weighted by atomic mass is 32.2. The van der Waals surface area contributed by atoms with Crippen LogP contribution >= 0.6 is 0 Å². The lowest BCUT2D eigenvalue weighted by Crippen LogP contribution is -2.50. The maximum absolute atomic E-state index is 12.7. The van der Waals surface area contributed by atoms with Crippen molar-refractivity contribution in [3.63, 3.8) is 0 Å². The van der Waals surface area contributed by atoms with Crippen molar-refractivity contribution in [1.82, 2.24) is 19.8 Å². The van der Waals surface area contributed by atoms with Crippen molar-refractivity contribution in [3.8, 4) is 23.7 Å². The van der Waals surface area contributed by atoms with Crippen LogP contribution in [0, 0.1) is 23.7 Å². The summed E-state index contributed by atoms with van der Waals surface area (Å²) < 4.78 is 23.7. The Morgan fingerprint density at radius 1 is 1.30 bits per heavy atom. The summed E-state index contributed by atoms with van der Waals surface area (Å²) in [6.45, 7) is 3.01. The first kappa shape index (κ1) is 24.8. The monoisotopic (exact) mass is 476 g/mol. The average Bonchev–Trinajstić information content (AvgIpc) is 3.29. The van der Waals surface area contributed by atoms with E-state index in [1.807, 2.05) is 7.05 Å². The number of nitrogens with zero attached hydrogens (tertiary/aromatic N) is 3. The molecule has 0 bridgehead atoms. The number of carbonyl (C=O) groups is 2. The third-order valence-corrected chi connectivity index (χ3v) is 8.39. The molecular formula is C22H28N4O6S. The van der Waals surface area contributed by atoms with E-state index in [1.165, 1.54) is 21.9 Å². The van der Waals surface area contributed by atoms with Crippen LogP contribution in [0.5, 0.6) is 0 Å². The largest absolute Gasteiger partial charge is 0.377 e. The first-order valence-corrected chi connectivity index (χ1v) is 12.4. The fourth-order valence-electron chi connectivity index (χ4n) is 3.77. The van der Waals surface area contributed by atoms with Gasteiger partial charge in [0.25, 0.3) is 5.91 Å². The predicted molar refractivity (Wildman–Crippen MR) is 120 cm³/mol. The maximum Gasteiger partial charge on any atom is 0.328 e. The van der Waals surface area contributed by atoms with Crippen LogP contribution in [-0.4, -0.2) is 88.3 Å². The topological polar surface area (TPSA) is 132 Å². The molecule has 0 spiro atoms. The van der Waals surface area contributed by atoms with Crippen molar-refractivity contribution in [2.24, 2.45) is 0 Å². The van der Waals surface area contributed by atoms with Gasteiger partial charge in [-0.05, 0) is 38.3 Å².